The minimum atomic E-state index is -0.00164. The number of nitrogens with zero attached hydrogens (tertiary/aromatic N) is 4. The van der Waals surface area contributed by atoms with Gasteiger partial charge in [-0.1, -0.05) is 5.16 Å². The van der Waals surface area contributed by atoms with E-state index in [9.17, 15) is 0 Å². The van der Waals surface area contributed by atoms with Gasteiger partial charge in [-0.25, -0.2) is 0 Å². The molecule has 94 valence electrons. The summed E-state index contributed by atoms with van der Waals surface area (Å²) in [7, 11) is 1.86. The van der Waals surface area contributed by atoms with Gasteiger partial charge in [0.05, 0.1) is 11.9 Å². The summed E-state index contributed by atoms with van der Waals surface area (Å²) >= 11 is 0. The number of rotatable bonds is 4. The van der Waals surface area contributed by atoms with E-state index in [-0.39, 0.29) is 5.84 Å². The zero-order valence-corrected chi connectivity index (χ0v) is 9.91. The molecule has 0 unspecified atom stereocenters. The van der Waals surface area contributed by atoms with Gasteiger partial charge in [-0.15, -0.1) is 0 Å². The molecule has 2 heterocycles. The lowest BCUT2D eigenvalue weighted by molar-refractivity contribution is 0.318. The Bertz CT molecular complexity index is 562. The third-order valence-corrected chi connectivity index (χ3v) is 2.40. The first kappa shape index (κ1) is 11.9. The van der Waals surface area contributed by atoms with Gasteiger partial charge < -0.3 is 16.3 Å². The van der Waals surface area contributed by atoms with Crippen molar-refractivity contribution in [3.8, 4) is 0 Å². The van der Waals surface area contributed by atoms with Crippen molar-refractivity contribution in [1.82, 2.24) is 14.8 Å². The quantitative estimate of drug-likeness (QED) is 0.316. The normalized spacial score (nSPS) is 11.5. The molecule has 0 saturated heterocycles. The fraction of sp³-hybridized carbons (Fsp3) is 0.182. The second kappa shape index (κ2) is 5.17. The number of aryl methyl sites for hydroxylation is 1. The van der Waals surface area contributed by atoms with Crippen molar-refractivity contribution in [2.45, 2.75) is 6.54 Å². The van der Waals surface area contributed by atoms with Gasteiger partial charge >= 0.3 is 0 Å². The lowest BCUT2D eigenvalue weighted by atomic mass is 10.2. The van der Waals surface area contributed by atoms with Crippen LogP contribution in [-0.4, -0.2) is 25.8 Å². The number of nitrogens with two attached hydrogens (primary N) is 1. The standard InChI is InChI=1S/C11H14N6O/c1-17-7-9(6-15-17)14-5-8-2-3-13-10(4-8)11(12)16-18/h2-4,6-7,14,18H,5H2,1H3,(H2,12,16). The van der Waals surface area contributed by atoms with E-state index in [0.29, 0.717) is 12.2 Å². The number of hydrogen-bond acceptors (Lipinski definition) is 5. The second-order valence-electron chi connectivity index (χ2n) is 3.79. The predicted molar refractivity (Wildman–Crippen MR) is 67.3 cm³/mol. The summed E-state index contributed by atoms with van der Waals surface area (Å²) in [5.41, 5.74) is 7.84. The summed E-state index contributed by atoms with van der Waals surface area (Å²) in [4.78, 5) is 4.01. The van der Waals surface area contributed by atoms with Gasteiger partial charge in [-0.2, -0.15) is 5.10 Å². The molecule has 0 fully saturated rings. The monoisotopic (exact) mass is 246 g/mol. The third-order valence-electron chi connectivity index (χ3n) is 2.40. The van der Waals surface area contributed by atoms with E-state index in [1.807, 2.05) is 19.3 Å². The fourth-order valence-corrected chi connectivity index (χ4v) is 1.49. The van der Waals surface area contributed by atoms with Gasteiger partial charge in [-0.3, -0.25) is 9.67 Å². The number of amidine groups is 1. The molecule has 0 saturated carbocycles. The Labute approximate surface area is 104 Å². The van der Waals surface area contributed by atoms with Crippen molar-refractivity contribution in [2.75, 3.05) is 5.32 Å². The van der Waals surface area contributed by atoms with Gasteiger partial charge in [0.15, 0.2) is 5.84 Å². The van der Waals surface area contributed by atoms with Crippen LogP contribution in [-0.2, 0) is 13.6 Å². The van der Waals surface area contributed by atoms with Crippen molar-refractivity contribution in [1.29, 1.82) is 0 Å². The van der Waals surface area contributed by atoms with E-state index in [2.05, 4.69) is 20.6 Å². The average Bonchev–Trinajstić information content (AvgIpc) is 2.81. The van der Waals surface area contributed by atoms with Gasteiger partial charge in [0.2, 0.25) is 0 Å². The van der Waals surface area contributed by atoms with Gasteiger partial charge in [0.1, 0.15) is 5.69 Å². The van der Waals surface area contributed by atoms with E-state index in [1.165, 1.54) is 0 Å². The summed E-state index contributed by atoms with van der Waals surface area (Å²) < 4.78 is 1.72. The van der Waals surface area contributed by atoms with E-state index in [0.717, 1.165) is 11.3 Å². The topological polar surface area (TPSA) is 101 Å². The molecule has 7 heteroatoms. The Morgan fingerprint density at radius 1 is 1.61 bits per heavy atom. The molecule has 0 aliphatic rings. The Kier molecular flexibility index (Phi) is 3.42. The summed E-state index contributed by atoms with van der Waals surface area (Å²) in [5.74, 6) is -0.00164. The SMILES string of the molecule is Cn1cc(NCc2ccnc(C(N)=NO)c2)cn1. The van der Waals surface area contributed by atoms with Crippen LogP contribution in [0.3, 0.4) is 0 Å². The molecular weight excluding hydrogens is 232 g/mol. The Morgan fingerprint density at radius 2 is 2.44 bits per heavy atom. The van der Waals surface area contributed by atoms with Crippen LogP contribution in [0, 0.1) is 0 Å². The maximum atomic E-state index is 8.59. The summed E-state index contributed by atoms with van der Waals surface area (Å²) in [6.45, 7) is 0.611. The number of pyridine rings is 1. The van der Waals surface area contributed by atoms with E-state index in [1.54, 1.807) is 23.1 Å². The highest BCUT2D eigenvalue weighted by molar-refractivity contribution is 5.95. The lowest BCUT2D eigenvalue weighted by Crippen LogP contribution is -2.15. The third kappa shape index (κ3) is 2.76. The van der Waals surface area contributed by atoms with Crippen LogP contribution >= 0.6 is 0 Å². The molecule has 7 nitrogen and oxygen atoms in total. The number of hydrogen-bond donors (Lipinski definition) is 3. The van der Waals surface area contributed by atoms with Crippen molar-refractivity contribution in [2.24, 2.45) is 17.9 Å². The lowest BCUT2D eigenvalue weighted by Gasteiger charge is -2.05. The molecule has 2 aromatic heterocycles. The van der Waals surface area contributed by atoms with Crippen LogP contribution < -0.4 is 11.1 Å². The summed E-state index contributed by atoms with van der Waals surface area (Å²) in [6, 6.07) is 3.62. The predicted octanol–water partition coefficient (Wildman–Crippen LogP) is 0.522. The summed E-state index contributed by atoms with van der Waals surface area (Å²) in [5, 5.41) is 18.8. The van der Waals surface area contributed by atoms with Crippen LogP contribution in [0.1, 0.15) is 11.3 Å². The Hall–Kier alpha value is -2.57. The average molecular weight is 246 g/mol. The fourth-order valence-electron chi connectivity index (χ4n) is 1.49. The number of oxime groups is 1. The first-order valence-corrected chi connectivity index (χ1v) is 5.34. The zero-order valence-electron chi connectivity index (χ0n) is 9.91. The molecule has 4 N–H and O–H groups in total. The van der Waals surface area contributed by atoms with E-state index < -0.39 is 0 Å². The molecule has 2 aromatic rings. The Morgan fingerprint density at radius 3 is 3.11 bits per heavy atom. The summed E-state index contributed by atoms with van der Waals surface area (Å²) in [6.07, 6.45) is 5.24. The Balaban J connectivity index is 2.05. The highest BCUT2D eigenvalue weighted by Crippen LogP contribution is 2.08. The first-order valence-electron chi connectivity index (χ1n) is 5.34. The smallest absolute Gasteiger partial charge is 0.188 e. The largest absolute Gasteiger partial charge is 0.409 e. The van der Waals surface area contributed by atoms with Crippen LogP contribution in [0.4, 0.5) is 5.69 Å². The van der Waals surface area contributed by atoms with Crippen molar-refractivity contribution in [3.05, 3.63) is 42.0 Å². The van der Waals surface area contributed by atoms with Crippen molar-refractivity contribution >= 4 is 11.5 Å². The van der Waals surface area contributed by atoms with E-state index >= 15 is 0 Å². The molecule has 0 atom stereocenters. The molecule has 0 amide bonds. The van der Waals surface area contributed by atoms with Crippen molar-refractivity contribution in [3.63, 3.8) is 0 Å². The molecule has 0 aromatic carbocycles. The van der Waals surface area contributed by atoms with Gasteiger partial charge in [0.25, 0.3) is 0 Å². The molecule has 2 rings (SSSR count). The zero-order chi connectivity index (χ0) is 13.0. The molecule has 0 radical (unpaired) electrons. The van der Waals surface area contributed by atoms with Crippen molar-refractivity contribution < 1.29 is 5.21 Å². The number of anilines is 1. The number of nitrogens with one attached hydrogen (secondary N) is 1. The van der Waals surface area contributed by atoms with Crippen LogP contribution in [0.25, 0.3) is 0 Å². The molecule has 0 aliphatic carbocycles. The minimum absolute atomic E-state index is 0.00164. The van der Waals surface area contributed by atoms with Crippen LogP contribution in [0.2, 0.25) is 0 Å². The highest BCUT2D eigenvalue weighted by Gasteiger charge is 2.02. The highest BCUT2D eigenvalue weighted by atomic mass is 16.4. The van der Waals surface area contributed by atoms with Gasteiger partial charge in [0, 0.05) is 26.0 Å². The van der Waals surface area contributed by atoms with E-state index in [4.69, 9.17) is 10.9 Å². The minimum Gasteiger partial charge on any atom is -0.409 e. The first-order chi connectivity index (χ1) is 8.69. The second-order valence-corrected chi connectivity index (χ2v) is 3.79. The maximum Gasteiger partial charge on any atom is 0.188 e. The molecule has 18 heavy (non-hydrogen) atoms. The number of aromatic nitrogens is 3. The molecule has 0 aliphatic heterocycles. The molecule has 0 spiro atoms. The molecular formula is C11H14N6O. The van der Waals surface area contributed by atoms with Gasteiger partial charge in [-0.05, 0) is 17.7 Å². The molecule has 0 bridgehead atoms. The van der Waals surface area contributed by atoms with Crippen LogP contribution in [0.5, 0.6) is 0 Å². The maximum absolute atomic E-state index is 8.59. The van der Waals surface area contributed by atoms with Crippen LogP contribution in [0.15, 0.2) is 35.9 Å².